The van der Waals surface area contributed by atoms with Gasteiger partial charge in [0.15, 0.2) is 0 Å². The standard InChI is InChI=1S/C16H15N5O3/c1-7-16(2,3)9-6-4-5-8-11(9)21(7)15(24)10(12(8)22)13(23)14-17-19-20-18-14/h4-7,22H,1-3H3,(H,17,18,19,20)/p-1/t7-/m0/s1. The highest BCUT2D eigenvalue weighted by molar-refractivity contribution is 6.11. The zero-order valence-corrected chi connectivity index (χ0v) is 13.3. The Morgan fingerprint density at radius 3 is 2.79 bits per heavy atom. The van der Waals surface area contributed by atoms with Gasteiger partial charge in [0.1, 0.15) is 0 Å². The van der Waals surface area contributed by atoms with Gasteiger partial charge in [-0.3, -0.25) is 9.59 Å². The lowest BCUT2D eigenvalue weighted by Gasteiger charge is -2.25. The summed E-state index contributed by atoms with van der Waals surface area (Å²) in [4.78, 5) is 25.5. The van der Waals surface area contributed by atoms with Crippen LogP contribution in [0, 0.1) is 0 Å². The molecular formula is C16H14N5O3-. The summed E-state index contributed by atoms with van der Waals surface area (Å²) in [5.74, 6) is -1.70. The molecule has 1 aliphatic rings. The molecule has 0 radical (unpaired) electrons. The number of benzene rings is 1. The molecule has 122 valence electrons. The molecule has 0 saturated carbocycles. The van der Waals surface area contributed by atoms with Crippen LogP contribution in [0.1, 0.15) is 48.6 Å². The molecule has 1 N–H and O–H groups in total. The average molecular weight is 324 g/mol. The van der Waals surface area contributed by atoms with Crippen molar-refractivity contribution in [3.05, 3.63) is 45.5 Å². The Kier molecular flexibility index (Phi) is 2.73. The first-order valence-corrected chi connectivity index (χ1v) is 7.52. The van der Waals surface area contributed by atoms with Gasteiger partial charge in [-0.1, -0.05) is 37.8 Å². The van der Waals surface area contributed by atoms with Gasteiger partial charge in [-0.25, -0.2) is 0 Å². The third-order valence-corrected chi connectivity index (χ3v) is 5.08. The molecule has 0 bridgehead atoms. The molecule has 0 spiro atoms. The highest BCUT2D eigenvalue weighted by atomic mass is 16.3. The van der Waals surface area contributed by atoms with E-state index in [2.05, 4.69) is 20.6 Å². The lowest BCUT2D eigenvalue weighted by molar-refractivity contribution is -0.266. The number of nitrogens with zero attached hydrogens (tertiary/aromatic N) is 4. The van der Waals surface area contributed by atoms with Crippen LogP contribution < -0.4 is 10.7 Å². The van der Waals surface area contributed by atoms with E-state index in [4.69, 9.17) is 0 Å². The minimum atomic E-state index is -0.813. The molecule has 3 aromatic rings. The van der Waals surface area contributed by atoms with Gasteiger partial charge in [0.2, 0.25) is 11.6 Å². The molecule has 8 heteroatoms. The van der Waals surface area contributed by atoms with Crippen LogP contribution >= 0.6 is 0 Å². The highest BCUT2D eigenvalue weighted by Gasteiger charge is 2.40. The number of carbonyl (C=O) groups is 1. The van der Waals surface area contributed by atoms with E-state index < -0.39 is 22.7 Å². The molecular weight excluding hydrogens is 310 g/mol. The van der Waals surface area contributed by atoms with E-state index >= 15 is 0 Å². The van der Waals surface area contributed by atoms with Gasteiger partial charge in [0.05, 0.1) is 11.1 Å². The molecule has 3 heterocycles. The van der Waals surface area contributed by atoms with Crippen LogP contribution in [0.25, 0.3) is 10.9 Å². The van der Waals surface area contributed by atoms with Gasteiger partial charge < -0.3 is 9.67 Å². The summed E-state index contributed by atoms with van der Waals surface area (Å²) in [5.41, 5.74) is 0.166. The molecule has 1 aromatic carbocycles. The fraction of sp³-hybridized carbons (Fsp3) is 0.312. The van der Waals surface area contributed by atoms with E-state index in [1.807, 2.05) is 26.8 Å². The van der Waals surface area contributed by atoms with Crippen molar-refractivity contribution in [3.8, 4) is 5.75 Å². The second-order valence-corrected chi connectivity index (χ2v) is 6.54. The highest BCUT2D eigenvalue weighted by Crippen LogP contribution is 2.46. The van der Waals surface area contributed by atoms with Crippen LogP contribution in [0.5, 0.6) is 5.75 Å². The molecule has 4 rings (SSSR count). The number of H-pyrrole nitrogens is 1. The molecule has 0 amide bonds. The molecule has 1 aliphatic heterocycles. The maximum absolute atomic E-state index is 13.0. The van der Waals surface area contributed by atoms with Crippen LogP contribution in [-0.2, 0) is 5.41 Å². The number of aromatic amines is 1. The SMILES string of the molecule is C[C@@H]1n2c(=O)c(C(=O)c3nn[nH]n3)c([O-])c3cccc(c32)C1(C)C. The van der Waals surface area contributed by atoms with E-state index in [1.165, 1.54) is 0 Å². The lowest BCUT2D eigenvalue weighted by atomic mass is 9.81. The molecule has 0 aliphatic carbocycles. The van der Waals surface area contributed by atoms with Gasteiger partial charge in [0, 0.05) is 11.5 Å². The van der Waals surface area contributed by atoms with Crippen molar-refractivity contribution in [1.29, 1.82) is 0 Å². The number of para-hydroxylation sites is 1. The van der Waals surface area contributed by atoms with Crippen LogP contribution in [0.2, 0.25) is 0 Å². The number of hydrogen-bond acceptors (Lipinski definition) is 6. The number of aromatic nitrogens is 5. The Morgan fingerprint density at radius 2 is 2.12 bits per heavy atom. The number of carbonyl (C=O) groups excluding carboxylic acids is 1. The maximum atomic E-state index is 13.0. The molecule has 1 atom stereocenters. The van der Waals surface area contributed by atoms with Crippen molar-refractivity contribution >= 4 is 16.7 Å². The Balaban J connectivity index is 2.13. The van der Waals surface area contributed by atoms with Gasteiger partial charge >= 0.3 is 0 Å². The molecule has 0 unspecified atom stereocenters. The molecule has 2 aromatic heterocycles. The molecule has 0 saturated heterocycles. The topological polar surface area (TPSA) is 117 Å². The van der Waals surface area contributed by atoms with Crippen molar-refractivity contribution in [2.75, 3.05) is 0 Å². The first-order chi connectivity index (χ1) is 11.4. The van der Waals surface area contributed by atoms with Crippen molar-refractivity contribution in [2.24, 2.45) is 0 Å². The van der Waals surface area contributed by atoms with Crippen LogP contribution in [-0.4, -0.2) is 31.0 Å². The van der Waals surface area contributed by atoms with Crippen molar-refractivity contribution in [3.63, 3.8) is 0 Å². The monoisotopic (exact) mass is 324 g/mol. The van der Waals surface area contributed by atoms with Crippen molar-refractivity contribution < 1.29 is 9.90 Å². The van der Waals surface area contributed by atoms with Gasteiger partial charge in [-0.2, -0.15) is 5.21 Å². The molecule has 8 nitrogen and oxygen atoms in total. The lowest BCUT2D eigenvalue weighted by Crippen LogP contribution is -2.33. The number of tetrazole rings is 1. The average Bonchev–Trinajstić information content (AvgIpc) is 3.14. The number of pyridine rings is 1. The normalized spacial score (nSPS) is 18.2. The molecule has 0 fully saturated rings. The maximum Gasteiger partial charge on any atom is 0.262 e. The van der Waals surface area contributed by atoms with Crippen LogP contribution in [0.3, 0.4) is 0 Å². The summed E-state index contributed by atoms with van der Waals surface area (Å²) in [6.45, 7) is 5.95. The summed E-state index contributed by atoms with van der Waals surface area (Å²) in [5, 5.41) is 25.8. The smallest absolute Gasteiger partial charge is 0.262 e. The fourth-order valence-electron chi connectivity index (χ4n) is 3.45. The van der Waals surface area contributed by atoms with Crippen LogP contribution in [0.15, 0.2) is 23.0 Å². The minimum Gasteiger partial charge on any atom is -0.871 e. The largest absolute Gasteiger partial charge is 0.871 e. The second-order valence-electron chi connectivity index (χ2n) is 6.54. The van der Waals surface area contributed by atoms with E-state index in [1.54, 1.807) is 16.7 Å². The summed E-state index contributed by atoms with van der Waals surface area (Å²) < 4.78 is 1.54. The zero-order chi connectivity index (χ0) is 17.2. The van der Waals surface area contributed by atoms with Crippen molar-refractivity contribution in [2.45, 2.75) is 32.2 Å². The summed E-state index contributed by atoms with van der Waals surface area (Å²) in [6, 6.07) is 5.14. The van der Waals surface area contributed by atoms with E-state index in [0.717, 1.165) is 5.56 Å². The number of ketones is 1. The van der Waals surface area contributed by atoms with Crippen LogP contribution in [0.4, 0.5) is 0 Å². The van der Waals surface area contributed by atoms with Gasteiger partial charge in [0.25, 0.3) is 5.56 Å². The third kappa shape index (κ3) is 1.60. The predicted molar refractivity (Wildman–Crippen MR) is 83.0 cm³/mol. The van der Waals surface area contributed by atoms with Gasteiger partial charge in [-0.15, -0.1) is 10.2 Å². The van der Waals surface area contributed by atoms with E-state index in [0.29, 0.717) is 10.9 Å². The first-order valence-electron chi connectivity index (χ1n) is 7.52. The molecule has 24 heavy (non-hydrogen) atoms. The number of hydrogen-bond donors (Lipinski definition) is 1. The first kappa shape index (κ1) is 14.6. The Morgan fingerprint density at radius 1 is 1.38 bits per heavy atom. The predicted octanol–water partition coefficient (Wildman–Crippen LogP) is 0.671. The zero-order valence-electron chi connectivity index (χ0n) is 13.3. The minimum absolute atomic E-state index is 0.192. The fourth-order valence-corrected chi connectivity index (χ4v) is 3.45. The summed E-state index contributed by atoms with van der Waals surface area (Å²) in [7, 11) is 0. The van der Waals surface area contributed by atoms with Gasteiger partial charge in [-0.05, 0) is 23.1 Å². The van der Waals surface area contributed by atoms with E-state index in [-0.39, 0.29) is 17.3 Å². The Labute approximate surface area is 136 Å². The van der Waals surface area contributed by atoms with E-state index in [9.17, 15) is 14.7 Å². The second kappa shape index (κ2) is 4.50. The Hall–Kier alpha value is -3.03. The van der Waals surface area contributed by atoms with Crippen molar-refractivity contribution in [1.82, 2.24) is 25.2 Å². The number of nitrogens with one attached hydrogen (secondary N) is 1. The summed E-state index contributed by atoms with van der Waals surface area (Å²) in [6.07, 6.45) is 0. The quantitative estimate of drug-likeness (QED) is 0.693. The Bertz CT molecular complexity index is 1050. The third-order valence-electron chi connectivity index (χ3n) is 5.08. The number of rotatable bonds is 2. The summed E-state index contributed by atoms with van der Waals surface area (Å²) >= 11 is 0.